The van der Waals surface area contributed by atoms with Crippen molar-refractivity contribution in [1.29, 1.82) is 0 Å². The Kier molecular flexibility index (Phi) is 4.83. The minimum absolute atomic E-state index is 0.0940. The maximum atomic E-state index is 13.1. The molecule has 27 heavy (non-hydrogen) atoms. The van der Waals surface area contributed by atoms with E-state index in [-0.39, 0.29) is 24.8 Å². The molecule has 1 aromatic heterocycles. The lowest BCUT2D eigenvalue weighted by atomic mass is 9.82. The van der Waals surface area contributed by atoms with E-state index in [1.165, 1.54) is 0 Å². The summed E-state index contributed by atoms with van der Waals surface area (Å²) in [4.78, 5) is 25.6. The number of carbonyl (C=O) groups is 2. The van der Waals surface area contributed by atoms with Crippen LogP contribution in [0.3, 0.4) is 0 Å². The van der Waals surface area contributed by atoms with E-state index in [0.717, 1.165) is 6.07 Å². The van der Waals surface area contributed by atoms with Gasteiger partial charge in [-0.3, -0.25) is 4.79 Å². The van der Waals surface area contributed by atoms with E-state index in [9.17, 15) is 22.8 Å². The number of halogens is 3. The topological polar surface area (TPSA) is 55.8 Å². The van der Waals surface area contributed by atoms with Gasteiger partial charge in [-0.25, -0.2) is 4.79 Å². The number of fused-ring (bicyclic) bond motifs is 2. The summed E-state index contributed by atoms with van der Waals surface area (Å²) in [7, 11) is 0. The Bertz CT molecular complexity index is 768. The second-order valence-corrected chi connectivity index (χ2v) is 9.09. The molecule has 1 amide bonds. The lowest BCUT2D eigenvalue weighted by Crippen LogP contribution is -2.53. The van der Waals surface area contributed by atoms with Gasteiger partial charge in [0.05, 0.1) is 0 Å². The van der Waals surface area contributed by atoms with Crippen molar-refractivity contribution >= 4 is 23.2 Å². The summed E-state index contributed by atoms with van der Waals surface area (Å²) in [6.45, 7) is 7.15. The number of rotatable bonds is 0. The van der Waals surface area contributed by atoms with Crippen molar-refractivity contribution in [2.75, 3.05) is 13.2 Å². The molecule has 0 saturated carbocycles. The molecule has 1 fully saturated rings. The first-order chi connectivity index (χ1) is 12.3. The van der Waals surface area contributed by atoms with Crippen LogP contribution in [0.15, 0.2) is 6.07 Å². The fraction of sp³-hybridized carbons (Fsp3) is 0.667. The van der Waals surface area contributed by atoms with Gasteiger partial charge in [0.15, 0.2) is 5.78 Å². The fourth-order valence-corrected chi connectivity index (χ4v) is 4.79. The molecule has 0 bridgehead atoms. The van der Waals surface area contributed by atoms with Gasteiger partial charge in [-0.2, -0.15) is 13.2 Å². The van der Waals surface area contributed by atoms with Crippen LogP contribution >= 0.6 is 11.3 Å². The smallest absolute Gasteiger partial charge is 0.425 e. The number of amides is 1. The zero-order valence-corrected chi connectivity index (χ0v) is 16.4. The van der Waals surface area contributed by atoms with E-state index in [4.69, 9.17) is 9.47 Å². The van der Waals surface area contributed by atoms with Gasteiger partial charge in [0.2, 0.25) is 0 Å². The molecule has 0 aliphatic carbocycles. The molecule has 3 heterocycles. The predicted molar refractivity (Wildman–Crippen MR) is 92.9 cm³/mol. The van der Waals surface area contributed by atoms with E-state index in [0.29, 0.717) is 29.1 Å². The Morgan fingerprint density at radius 2 is 2.04 bits per heavy atom. The van der Waals surface area contributed by atoms with Crippen molar-refractivity contribution in [3.05, 3.63) is 21.4 Å². The molecule has 0 aromatic carbocycles. The number of piperidine rings is 1. The normalized spacial score (nSPS) is 26.3. The second-order valence-electron chi connectivity index (χ2n) is 8.03. The largest absolute Gasteiger partial charge is 0.444 e. The first kappa shape index (κ1) is 20.1. The monoisotopic (exact) mass is 405 g/mol. The van der Waals surface area contributed by atoms with Gasteiger partial charge in [0.25, 0.3) is 0 Å². The minimum atomic E-state index is -4.51. The van der Waals surface area contributed by atoms with Crippen LogP contribution in [-0.4, -0.2) is 41.6 Å². The minimum Gasteiger partial charge on any atom is -0.444 e. The first-order valence-electron chi connectivity index (χ1n) is 8.71. The molecule has 2 aliphatic heterocycles. The van der Waals surface area contributed by atoms with E-state index >= 15 is 0 Å². The third-order valence-corrected chi connectivity index (χ3v) is 6.11. The number of alkyl halides is 3. The van der Waals surface area contributed by atoms with Crippen LogP contribution in [0.4, 0.5) is 18.0 Å². The highest BCUT2D eigenvalue weighted by molar-refractivity contribution is 7.12. The number of hydrogen-bond acceptors (Lipinski definition) is 5. The van der Waals surface area contributed by atoms with Gasteiger partial charge in [0.1, 0.15) is 22.7 Å². The van der Waals surface area contributed by atoms with Gasteiger partial charge >= 0.3 is 12.3 Å². The zero-order chi connectivity index (χ0) is 20.2. The second kappa shape index (κ2) is 6.48. The maximum Gasteiger partial charge on any atom is 0.425 e. The number of ketones is 1. The quantitative estimate of drug-likeness (QED) is 0.633. The summed E-state index contributed by atoms with van der Waals surface area (Å²) in [6, 6.07) is 0.628. The molecule has 5 nitrogen and oxygen atoms in total. The van der Waals surface area contributed by atoms with Gasteiger partial charge in [-0.15, -0.1) is 11.3 Å². The summed E-state index contributed by atoms with van der Waals surface area (Å²) in [5.74, 6) is -0.440. The molecule has 150 valence electrons. The average molecular weight is 405 g/mol. The van der Waals surface area contributed by atoms with Crippen molar-refractivity contribution in [2.45, 2.75) is 64.0 Å². The third kappa shape index (κ3) is 3.85. The number of thiophene rings is 1. The van der Waals surface area contributed by atoms with Crippen LogP contribution in [0.5, 0.6) is 0 Å². The molecule has 1 saturated heterocycles. The number of carbonyl (C=O) groups excluding carboxylic acids is 2. The molecule has 1 spiro atoms. The fourth-order valence-electron chi connectivity index (χ4n) is 3.56. The van der Waals surface area contributed by atoms with Gasteiger partial charge in [-0.05, 0) is 40.2 Å². The Morgan fingerprint density at radius 3 is 2.59 bits per heavy atom. The molecule has 2 atom stereocenters. The molecule has 9 heteroatoms. The molecule has 0 N–H and O–H groups in total. The van der Waals surface area contributed by atoms with Crippen molar-refractivity contribution in [2.24, 2.45) is 0 Å². The summed E-state index contributed by atoms with van der Waals surface area (Å²) < 4.78 is 50.6. The predicted octanol–water partition coefficient (Wildman–Crippen LogP) is 4.59. The molecule has 1 aromatic rings. The number of ether oxygens (including phenoxy) is 2. The molecular weight excluding hydrogens is 383 g/mol. The highest BCUT2D eigenvalue weighted by Crippen LogP contribution is 2.49. The van der Waals surface area contributed by atoms with Gasteiger partial charge < -0.3 is 14.4 Å². The van der Waals surface area contributed by atoms with Gasteiger partial charge in [-0.1, -0.05) is 0 Å². The van der Waals surface area contributed by atoms with Crippen LogP contribution in [0.1, 0.15) is 60.6 Å². The van der Waals surface area contributed by atoms with E-state index in [2.05, 4.69) is 0 Å². The van der Waals surface area contributed by atoms with E-state index in [1.54, 1.807) is 25.7 Å². The van der Waals surface area contributed by atoms with Crippen LogP contribution in [-0.2, 0) is 21.3 Å². The summed E-state index contributed by atoms with van der Waals surface area (Å²) >= 11 is 0.568. The average Bonchev–Trinajstić information content (AvgIpc) is 2.97. The first-order valence-corrected chi connectivity index (χ1v) is 9.52. The summed E-state index contributed by atoms with van der Waals surface area (Å²) in [5, 5.41) is 0. The Labute approximate surface area is 159 Å². The Balaban J connectivity index is 1.88. The van der Waals surface area contributed by atoms with Crippen LogP contribution in [0, 0.1) is 0 Å². The number of likely N-dealkylation sites (tertiary alicyclic amines) is 1. The Morgan fingerprint density at radius 1 is 1.37 bits per heavy atom. The number of Topliss-reactive ketones (excluding diaryl/α,β-unsaturated/α-hetero) is 1. The highest BCUT2D eigenvalue weighted by Gasteiger charge is 2.49. The Hall–Kier alpha value is -1.61. The number of nitrogens with zero attached hydrogens (tertiary/aromatic N) is 1. The summed E-state index contributed by atoms with van der Waals surface area (Å²) in [5.41, 5.74) is -1.52. The SMILES string of the molecule is C[C@H]1C[C@@]2(CCN1C(=O)OC(C)(C)C)OCC(=O)c1cc(C(F)(F)F)sc12. The molecule has 0 radical (unpaired) electrons. The third-order valence-electron chi connectivity index (χ3n) is 4.75. The lowest BCUT2D eigenvalue weighted by Gasteiger charge is -2.46. The van der Waals surface area contributed by atoms with Crippen molar-refractivity contribution in [3.63, 3.8) is 0 Å². The van der Waals surface area contributed by atoms with E-state index in [1.807, 2.05) is 6.92 Å². The van der Waals surface area contributed by atoms with Crippen molar-refractivity contribution < 1.29 is 32.2 Å². The highest BCUT2D eigenvalue weighted by atomic mass is 32.1. The molecule has 0 unspecified atom stereocenters. The van der Waals surface area contributed by atoms with Crippen LogP contribution < -0.4 is 0 Å². The molecule has 2 aliphatic rings. The summed E-state index contributed by atoms with van der Waals surface area (Å²) in [6.07, 6.45) is -4.34. The molecule has 3 rings (SSSR count). The zero-order valence-electron chi connectivity index (χ0n) is 15.6. The van der Waals surface area contributed by atoms with Gasteiger partial charge in [0, 0.05) is 29.4 Å². The maximum absolute atomic E-state index is 13.1. The lowest BCUT2D eigenvalue weighted by molar-refractivity contribution is -0.134. The van der Waals surface area contributed by atoms with Crippen LogP contribution in [0.25, 0.3) is 0 Å². The standard InChI is InChI=1S/C18H22F3NO4S/c1-10-8-17(5-6-22(10)15(24)26-16(2,3)4)14-11(12(23)9-25-17)7-13(27-14)18(19,20)21/h7,10H,5-6,8-9H2,1-4H3/t10-,17+/m0/s1. The van der Waals surface area contributed by atoms with Crippen molar-refractivity contribution in [3.8, 4) is 0 Å². The van der Waals surface area contributed by atoms with E-state index < -0.39 is 34.1 Å². The van der Waals surface area contributed by atoms with Crippen LogP contribution in [0.2, 0.25) is 0 Å². The molecular formula is C18H22F3NO4S. The number of hydrogen-bond donors (Lipinski definition) is 0. The van der Waals surface area contributed by atoms with Crippen molar-refractivity contribution in [1.82, 2.24) is 4.90 Å².